The number of pyridine rings is 2. The summed E-state index contributed by atoms with van der Waals surface area (Å²) in [5, 5.41) is 2.67. The van der Waals surface area contributed by atoms with E-state index in [2.05, 4.69) is 20.3 Å². The second-order valence-corrected chi connectivity index (χ2v) is 6.17. The van der Waals surface area contributed by atoms with Gasteiger partial charge in [-0.05, 0) is 49.7 Å². The summed E-state index contributed by atoms with van der Waals surface area (Å²) < 4.78 is 6.99. The van der Waals surface area contributed by atoms with Crippen molar-refractivity contribution in [2.24, 2.45) is 0 Å². The third kappa shape index (κ3) is 4.48. The molecule has 0 unspecified atom stereocenters. The van der Waals surface area contributed by atoms with Crippen LogP contribution in [0.5, 0.6) is 11.6 Å². The minimum atomic E-state index is -0.529. The fraction of sp³-hybridized carbons (Fsp3) is 0.167. The number of nitrogens with one attached hydrogen (secondary N) is 1. The highest BCUT2D eigenvalue weighted by Crippen LogP contribution is 2.20. The Morgan fingerprint density at radius 1 is 1.22 bits per heavy atom. The summed E-state index contributed by atoms with van der Waals surface area (Å²) in [7, 11) is 0. The molecule has 0 saturated heterocycles. The molecule has 3 aromatic rings. The first-order valence-corrected chi connectivity index (χ1v) is 8.47. The number of nitrogens with zero attached hydrogens (tertiary/aromatic N) is 4. The number of carbonyl (C=O) groups is 1. The SMILES string of the molecule is CC(C)n1cccc(C(=O)Nc2ccc(Oc3ccnc(Cl)n3)cn2)c1=O. The van der Waals surface area contributed by atoms with Gasteiger partial charge in [-0.25, -0.2) is 9.97 Å². The van der Waals surface area contributed by atoms with E-state index < -0.39 is 5.91 Å². The molecule has 0 aromatic carbocycles. The Hall–Kier alpha value is -3.26. The Morgan fingerprint density at radius 2 is 2.04 bits per heavy atom. The maximum absolute atomic E-state index is 12.4. The number of rotatable bonds is 5. The summed E-state index contributed by atoms with van der Waals surface area (Å²) in [5.74, 6) is 0.433. The number of ether oxygens (including phenoxy) is 1. The first-order chi connectivity index (χ1) is 12.9. The van der Waals surface area contributed by atoms with Crippen molar-refractivity contribution in [3.63, 3.8) is 0 Å². The van der Waals surface area contributed by atoms with E-state index in [1.807, 2.05) is 13.8 Å². The molecule has 0 aliphatic carbocycles. The van der Waals surface area contributed by atoms with Crippen LogP contribution in [0.4, 0.5) is 5.82 Å². The maximum atomic E-state index is 12.4. The number of hydrogen-bond donors (Lipinski definition) is 1. The van der Waals surface area contributed by atoms with Gasteiger partial charge in [-0.3, -0.25) is 9.59 Å². The van der Waals surface area contributed by atoms with Crippen LogP contribution in [0.15, 0.2) is 53.7 Å². The Labute approximate surface area is 159 Å². The molecule has 1 amide bonds. The molecule has 0 saturated carbocycles. The van der Waals surface area contributed by atoms with E-state index in [9.17, 15) is 9.59 Å². The number of anilines is 1. The molecular formula is C18H16ClN5O3. The van der Waals surface area contributed by atoms with Gasteiger partial charge in [0.25, 0.3) is 11.5 Å². The number of carbonyl (C=O) groups excluding carboxylic acids is 1. The summed E-state index contributed by atoms with van der Waals surface area (Å²) in [6.45, 7) is 3.74. The Kier molecular flexibility index (Phi) is 5.46. The van der Waals surface area contributed by atoms with Crippen molar-refractivity contribution in [1.29, 1.82) is 0 Å². The van der Waals surface area contributed by atoms with E-state index in [-0.39, 0.29) is 34.1 Å². The summed E-state index contributed by atoms with van der Waals surface area (Å²) in [4.78, 5) is 36.5. The summed E-state index contributed by atoms with van der Waals surface area (Å²) in [6, 6.07) is 7.81. The molecule has 1 N–H and O–H groups in total. The average molecular weight is 386 g/mol. The Balaban J connectivity index is 1.72. The largest absolute Gasteiger partial charge is 0.437 e. The van der Waals surface area contributed by atoms with Crippen LogP contribution in [0, 0.1) is 0 Å². The fourth-order valence-corrected chi connectivity index (χ4v) is 2.42. The van der Waals surface area contributed by atoms with Gasteiger partial charge in [0, 0.05) is 24.5 Å². The first kappa shape index (κ1) is 18.5. The van der Waals surface area contributed by atoms with Crippen LogP contribution in [-0.4, -0.2) is 25.4 Å². The average Bonchev–Trinajstić information content (AvgIpc) is 2.63. The predicted molar refractivity (Wildman–Crippen MR) is 100 cm³/mol. The summed E-state index contributed by atoms with van der Waals surface area (Å²) in [6.07, 6.45) is 4.53. The summed E-state index contributed by atoms with van der Waals surface area (Å²) >= 11 is 5.70. The van der Waals surface area contributed by atoms with E-state index in [1.165, 1.54) is 23.0 Å². The van der Waals surface area contributed by atoms with Crippen molar-refractivity contribution in [2.45, 2.75) is 19.9 Å². The van der Waals surface area contributed by atoms with Crippen molar-refractivity contribution >= 4 is 23.3 Å². The number of aromatic nitrogens is 4. The van der Waals surface area contributed by atoms with Crippen LogP contribution < -0.4 is 15.6 Å². The van der Waals surface area contributed by atoms with Gasteiger partial charge in [0.1, 0.15) is 17.1 Å². The van der Waals surface area contributed by atoms with Crippen molar-refractivity contribution in [1.82, 2.24) is 19.5 Å². The number of amides is 1. The molecule has 3 rings (SSSR count). The zero-order chi connectivity index (χ0) is 19.4. The quantitative estimate of drug-likeness (QED) is 0.676. The van der Waals surface area contributed by atoms with Crippen LogP contribution in [-0.2, 0) is 0 Å². The molecule has 0 bridgehead atoms. The molecule has 0 aliphatic rings. The fourth-order valence-electron chi connectivity index (χ4n) is 2.28. The lowest BCUT2D eigenvalue weighted by molar-refractivity contribution is 0.102. The molecule has 27 heavy (non-hydrogen) atoms. The molecule has 0 fully saturated rings. The van der Waals surface area contributed by atoms with Gasteiger partial charge in [0.15, 0.2) is 0 Å². The molecule has 0 aliphatic heterocycles. The normalized spacial score (nSPS) is 10.7. The first-order valence-electron chi connectivity index (χ1n) is 8.09. The van der Waals surface area contributed by atoms with Gasteiger partial charge in [-0.1, -0.05) is 0 Å². The van der Waals surface area contributed by atoms with Crippen LogP contribution in [0.1, 0.15) is 30.2 Å². The molecule has 0 atom stereocenters. The summed E-state index contributed by atoms with van der Waals surface area (Å²) in [5.41, 5.74) is -0.311. The van der Waals surface area contributed by atoms with Crippen molar-refractivity contribution in [2.75, 3.05) is 5.32 Å². The zero-order valence-electron chi connectivity index (χ0n) is 14.6. The van der Waals surface area contributed by atoms with Crippen molar-refractivity contribution in [3.8, 4) is 11.6 Å². The molecule has 3 heterocycles. The lowest BCUT2D eigenvalue weighted by Crippen LogP contribution is -2.29. The number of halogens is 1. The predicted octanol–water partition coefficient (Wildman–Crippen LogP) is 3.31. The lowest BCUT2D eigenvalue weighted by atomic mass is 10.2. The molecule has 9 heteroatoms. The highest BCUT2D eigenvalue weighted by molar-refractivity contribution is 6.28. The Bertz CT molecular complexity index is 1020. The molecule has 3 aromatic heterocycles. The second kappa shape index (κ2) is 7.96. The second-order valence-electron chi connectivity index (χ2n) is 5.83. The zero-order valence-corrected chi connectivity index (χ0v) is 15.3. The molecule has 138 valence electrons. The lowest BCUT2D eigenvalue weighted by Gasteiger charge is -2.11. The van der Waals surface area contributed by atoms with Gasteiger partial charge in [-0.2, -0.15) is 4.98 Å². The topological polar surface area (TPSA) is 99.0 Å². The smallest absolute Gasteiger partial charge is 0.263 e. The molecular weight excluding hydrogens is 370 g/mol. The van der Waals surface area contributed by atoms with Crippen LogP contribution in [0.25, 0.3) is 0 Å². The van der Waals surface area contributed by atoms with Gasteiger partial charge < -0.3 is 14.6 Å². The van der Waals surface area contributed by atoms with Crippen molar-refractivity contribution < 1.29 is 9.53 Å². The third-order valence-corrected chi connectivity index (χ3v) is 3.76. The third-order valence-electron chi connectivity index (χ3n) is 3.58. The van der Waals surface area contributed by atoms with Crippen molar-refractivity contribution in [3.05, 3.63) is 70.1 Å². The van der Waals surface area contributed by atoms with E-state index in [0.717, 1.165) is 0 Å². The Morgan fingerprint density at radius 3 is 2.70 bits per heavy atom. The number of hydrogen-bond acceptors (Lipinski definition) is 6. The van der Waals surface area contributed by atoms with E-state index in [1.54, 1.807) is 30.5 Å². The van der Waals surface area contributed by atoms with E-state index in [0.29, 0.717) is 5.75 Å². The molecule has 0 spiro atoms. The van der Waals surface area contributed by atoms with Gasteiger partial charge in [0.05, 0.1) is 6.20 Å². The monoisotopic (exact) mass is 385 g/mol. The minimum Gasteiger partial charge on any atom is -0.437 e. The van der Waals surface area contributed by atoms with Crippen LogP contribution in [0.3, 0.4) is 0 Å². The van der Waals surface area contributed by atoms with Gasteiger partial charge in [0.2, 0.25) is 11.2 Å². The van der Waals surface area contributed by atoms with Gasteiger partial charge >= 0.3 is 0 Å². The van der Waals surface area contributed by atoms with E-state index in [4.69, 9.17) is 16.3 Å². The van der Waals surface area contributed by atoms with Crippen LogP contribution >= 0.6 is 11.6 Å². The van der Waals surface area contributed by atoms with Crippen LogP contribution in [0.2, 0.25) is 5.28 Å². The minimum absolute atomic E-state index is 0.0453. The molecule has 8 nitrogen and oxygen atoms in total. The molecule has 0 radical (unpaired) electrons. The highest BCUT2D eigenvalue weighted by Gasteiger charge is 2.14. The highest BCUT2D eigenvalue weighted by atomic mass is 35.5. The standard InChI is InChI=1S/C18H16ClN5O3/c1-11(2)24-9-3-4-13(17(24)26)16(25)22-14-6-5-12(10-21-14)27-15-7-8-20-18(19)23-15/h3-11H,1-2H3,(H,21,22,25). The van der Waals surface area contributed by atoms with E-state index >= 15 is 0 Å². The maximum Gasteiger partial charge on any atom is 0.263 e. The van der Waals surface area contributed by atoms with Gasteiger partial charge in [-0.15, -0.1) is 0 Å².